The number of carbonyl (C=O) groups excluding carboxylic acids is 3. The predicted octanol–water partition coefficient (Wildman–Crippen LogP) is 9.26. The van der Waals surface area contributed by atoms with Gasteiger partial charge in [-0.2, -0.15) is 0 Å². The van der Waals surface area contributed by atoms with E-state index < -0.39 is 29.3 Å². The van der Waals surface area contributed by atoms with E-state index in [0.717, 1.165) is 21.9 Å². The minimum absolute atomic E-state index is 0.102. The highest BCUT2D eigenvalue weighted by molar-refractivity contribution is 6.36. The zero-order valence-electron chi connectivity index (χ0n) is 28.9. The predicted molar refractivity (Wildman–Crippen MR) is 196 cm³/mol. The highest BCUT2D eigenvalue weighted by Crippen LogP contribution is 2.34. The van der Waals surface area contributed by atoms with Crippen LogP contribution in [0.1, 0.15) is 80.3 Å². The molecule has 0 bridgehead atoms. The van der Waals surface area contributed by atoms with Gasteiger partial charge in [0.1, 0.15) is 5.75 Å². The van der Waals surface area contributed by atoms with Gasteiger partial charge in [-0.3, -0.25) is 0 Å². The van der Waals surface area contributed by atoms with Crippen LogP contribution >= 0.6 is 11.6 Å². The molecular weight excluding hydrogens is 668 g/mol. The molecule has 0 saturated heterocycles. The van der Waals surface area contributed by atoms with E-state index in [9.17, 15) is 19.2 Å². The molecule has 0 amide bonds. The molecule has 262 valence electrons. The molecule has 5 rings (SSSR count). The van der Waals surface area contributed by atoms with E-state index >= 15 is 0 Å². The smallest absolute Gasteiger partial charge is 0.343 e. The van der Waals surface area contributed by atoms with Crippen LogP contribution in [0.4, 0.5) is 0 Å². The van der Waals surface area contributed by atoms with Crippen molar-refractivity contribution in [1.29, 1.82) is 0 Å². The van der Waals surface area contributed by atoms with Crippen molar-refractivity contribution < 1.29 is 38.5 Å². The van der Waals surface area contributed by atoms with Crippen molar-refractivity contribution in [1.82, 2.24) is 0 Å². The third-order valence-corrected chi connectivity index (χ3v) is 8.76. The summed E-state index contributed by atoms with van der Waals surface area (Å²) >= 11 is 6.92. The Labute approximate surface area is 301 Å². The minimum Gasteiger partial charge on any atom is -0.478 e. The quantitative estimate of drug-likeness (QED) is 0.0952. The maximum Gasteiger partial charge on any atom is 0.343 e. The molecular formula is C42H39ClO8. The number of fused-ring (bicyclic) bond motifs is 1. The highest BCUT2D eigenvalue weighted by atomic mass is 35.5. The van der Waals surface area contributed by atoms with Gasteiger partial charge in [-0.1, -0.05) is 87.8 Å². The Morgan fingerprint density at radius 3 is 1.67 bits per heavy atom. The average molecular weight is 707 g/mol. The number of rotatable bonds is 13. The molecule has 8 nitrogen and oxygen atoms in total. The van der Waals surface area contributed by atoms with Gasteiger partial charge in [-0.25, -0.2) is 19.2 Å². The summed E-state index contributed by atoms with van der Waals surface area (Å²) in [5.41, 5.74) is 2.25. The Morgan fingerprint density at radius 1 is 0.608 bits per heavy atom. The number of carboxylic acid groups (broad SMARTS) is 1. The van der Waals surface area contributed by atoms with E-state index in [0.29, 0.717) is 40.3 Å². The number of carbonyl (C=O) groups is 4. The van der Waals surface area contributed by atoms with Gasteiger partial charge in [0, 0.05) is 16.2 Å². The van der Waals surface area contributed by atoms with Gasteiger partial charge in [-0.15, -0.1) is 0 Å². The number of hydrogen-bond donors (Lipinski definition) is 1. The summed E-state index contributed by atoms with van der Waals surface area (Å²) in [6.45, 7) is 8.38. The summed E-state index contributed by atoms with van der Waals surface area (Å²) in [5.74, 6) is -2.13. The second kappa shape index (κ2) is 15.6. The molecule has 5 aromatic rings. The van der Waals surface area contributed by atoms with Crippen LogP contribution in [-0.4, -0.2) is 42.2 Å². The number of carboxylic acids is 1. The Balaban J connectivity index is 1.15. The van der Waals surface area contributed by atoms with Gasteiger partial charge in [-0.05, 0) is 90.0 Å². The van der Waals surface area contributed by atoms with Crippen molar-refractivity contribution in [3.63, 3.8) is 0 Å². The van der Waals surface area contributed by atoms with Crippen LogP contribution in [0.3, 0.4) is 0 Å². The Morgan fingerprint density at radius 2 is 1.12 bits per heavy atom. The molecule has 0 saturated carbocycles. The molecule has 0 heterocycles. The fraction of sp³-hybridized carbons (Fsp3) is 0.238. The molecule has 51 heavy (non-hydrogen) atoms. The van der Waals surface area contributed by atoms with Gasteiger partial charge >= 0.3 is 23.9 Å². The number of hydrogen-bond acceptors (Lipinski definition) is 7. The van der Waals surface area contributed by atoms with Crippen molar-refractivity contribution in [2.24, 2.45) is 10.8 Å². The lowest BCUT2D eigenvalue weighted by Crippen LogP contribution is -2.25. The Kier molecular flexibility index (Phi) is 11.3. The van der Waals surface area contributed by atoms with Gasteiger partial charge in [0.05, 0.1) is 40.5 Å². The molecule has 0 aliphatic heterocycles. The molecule has 0 unspecified atom stereocenters. The summed E-state index contributed by atoms with van der Waals surface area (Å²) in [5, 5.41) is 11.6. The van der Waals surface area contributed by atoms with Gasteiger partial charge < -0.3 is 19.3 Å². The number of esters is 3. The summed E-state index contributed by atoms with van der Waals surface area (Å²) in [7, 11) is 0. The normalized spacial score (nSPS) is 11.5. The lowest BCUT2D eigenvalue weighted by atomic mass is 9.84. The van der Waals surface area contributed by atoms with Crippen LogP contribution in [0, 0.1) is 10.8 Å². The van der Waals surface area contributed by atoms with Crippen molar-refractivity contribution in [2.75, 3.05) is 13.2 Å². The summed E-state index contributed by atoms with van der Waals surface area (Å²) < 4.78 is 16.6. The third-order valence-electron chi connectivity index (χ3n) is 8.32. The first-order chi connectivity index (χ1) is 24.2. The lowest BCUT2D eigenvalue weighted by molar-refractivity contribution is 0.0335. The number of ether oxygens (including phenoxy) is 3. The van der Waals surface area contributed by atoms with Crippen molar-refractivity contribution in [3.8, 4) is 5.75 Å². The van der Waals surface area contributed by atoms with E-state index in [-0.39, 0.29) is 24.2 Å². The number of benzene rings is 5. The van der Waals surface area contributed by atoms with Crippen LogP contribution < -0.4 is 4.74 Å². The second-order valence-corrected chi connectivity index (χ2v) is 14.5. The lowest BCUT2D eigenvalue weighted by Gasteiger charge is -2.26. The van der Waals surface area contributed by atoms with Crippen LogP contribution in [0.5, 0.6) is 5.75 Å². The zero-order valence-corrected chi connectivity index (χ0v) is 29.7. The van der Waals surface area contributed by atoms with Crippen LogP contribution in [0.15, 0.2) is 109 Å². The standard InChI is InChI=1S/C42H39ClO8/c1-41(2,25-49-38(46)29-13-11-28(12-14-29)37(44)45)23-27-10-21-35-32(22-27)19-20-33(36(35)43)24-42(3,4)26-50-39(47)30-15-17-31(18-16-30)40(48)51-34-8-6-5-7-9-34/h5-22H,23-26H2,1-4H3,(H,44,45). The molecule has 0 aliphatic rings. The van der Waals surface area contributed by atoms with Crippen LogP contribution in [0.25, 0.3) is 10.8 Å². The highest BCUT2D eigenvalue weighted by Gasteiger charge is 2.25. The first-order valence-electron chi connectivity index (χ1n) is 16.4. The van der Waals surface area contributed by atoms with Gasteiger partial charge in [0.15, 0.2) is 0 Å². The fourth-order valence-electron chi connectivity index (χ4n) is 5.64. The molecule has 0 spiro atoms. The largest absolute Gasteiger partial charge is 0.478 e. The molecule has 0 aliphatic carbocycles. The van der Waals surface area contributed by atoms with Crippen molar-refractivity contribution in [3.05, 3.63) is 148 Å². The maximum atomic E-state index is 12.9. The topological polar surface area (TPSA) is 116 Å². The maximum absolute atomic E-state index is 12.9. The molecule has 0 fully saturated rings. The Hall–Kier alpha value is -5.47. The first kappa shape index (κ1) is 36.8. The molecule has 1 N–H and O–H groups in total. The molecule has 0 aromatic heterocycles. The van der Waals surface area contributed by atoms with E-state index in [2.05, 4.69) is 6.07 Å². The summed E-state index contributed by atoms with van der Waals surface area (Å²) in [6, 6.07) is 30.7. The average Bonchev–Trinajstić information content (AvgIpc) is 3.11. The minimum atomic E-state index is -1.06. The number of halogens is 1. The number of aromatic carboxylic acids is 1. The van der Waals surface area contributed by atoms with Crippen molar-refractivity contribution in [2.45, 2.75) is 40.5 Å². The van der Waals surface area contributed by atoms with Crippen molar-refractivity contribution >= 4 is 46.3 Å². The van der Waals surface area contributed by atoms with Crippen LogP contribution in [0.2, 0.25) is 5.02 Å². The monoisotopic (exact) mass is 706 g/mol. The first-order valence-corrected chi connectivity index (χ1v) is 16.8. The van der Waals surface area contributed by atoms with Crippen LogP contribution in [-0.2, 0) is 22.3 Å². The van der Waals surface area contributed by atoms with E-state index in [4.69, 9.17) is 30.9 Å². The number of para-hydroxylation sites is 1. The molecule has 0 radical (unpaired) electrons. The third kappa shape index (κ3) is 9.83. The zero-order chi connectivity index (χ0) is 36.8. The van der Waals surface area contributed by atoms with Gasteiger partial charge in [0.25, 0.3) is 0 Å². The van der Waals surface area contributed by atoms with E-state index in [1.54, 1.807) is 36.4 Å². The second-order valence-electron chi connectivity index (χ2n) is 14.1. The Bertz CT molecular complexity index is 2050. The van der Waals surface area contributed by atoms with E-state index in [1.807, 2.05) is 58.0 Å². The van der Waals surface area contributed by atoms with Gasteiger partial charge in [0.2, 0.25) is 0 Å². The summed E-state index contributed by atoms with van der Waals surface area (Å²) in [6.07, 6.45) is 1.21. The molecule has 5 aromatic carbocycles. The summed E-state index contributed by atoms with van der Waals surface area (Å²) in [4.78, 5) is 48.9. The van der Waals surface area contributed by atoms with E-state index in [1.165, 1.54) is 36.4 Å². The fourth-order valence-corrected chi connectivity index (χ4v) is 5.94. The SMILES string of the molecule is CC(C)(COC(=O)c1ccc(C(=O)O)cc1)Cc1ccc2c(Cl)c(CC(C)(C)COC(=O)c3ccc(C(=O)Oc4ccccc4)cc3)ccc2c1. The molecule has 0 atom stereocenters. The molecule has 9 heteroatoms.